The number of aliphatic hydroxyl groups is 5. The summed E-state index contributed by atoms with van der Waals surface area (Å²) >= 11 is 0. The Morgan fingerprint density at radius 3 is 2.22 bits per heavy atom. The van der Waals surface area contributed by atoms with Crippen molar-refractivity contribution in [2.75, 3.05) is 13.2 Å². The van der Waals surface area contributed by atoms with Gasteiger partial charge in [0.05, 0.1) is 54.9 Å². The van der Waals surface area contributed by atoms with E-state index >= 15 is 0 Å². The molecule has 14 nitrogen and oxygen atoms in total. The van der Waals surface area contributed by atoms with Gasteiger partial charge in [0.25, 0.3) is 6.48 Å². The van der Waals surface area contributed by atoms with Crippen molar-refractivity contribution in [1.29, 1.82) is 0 Å². The fourth-order valence-corrected chi connectivity index (χ4v) is 12.3. The van der Waals surface area contributed by atoms with Gasteiger partial charge in [-0.1, -0.05) is 13.8 Å². The molecule has 7 fully saturated rings. The van der Waals surface area contributed by atoms with E-state index in [9.17, 15) is 30.3 Å². The van der Waals surface area contributed by atoms with Crippen molar-refractivity contribution in [3.05, 3.63) is 11.6 Å². The number of esters is 1. The lowest BCUT2D eigenvalue weighted by molar-refractivity contribution is -0.395. The van der Waals surface area contributed by atoms with E-state index in [-0.39, 0.29) is 61.3 Å². The summed E-state index contributed by atoms with van der Waals surface area (Å²) in [6.45, 7) is 9.13. The summed E-state index contributed by atoms with van der Waals surface area (Å²) in [7, 11) is 0. The standard InChI is InChI=1S/C40H62O14/c1-19-30(53-34-15-28(41)35(45)20(2)49-34)18-48-37(51-19)54-36-21(3)50-33(16-29(36)42)52-24-8-10-38(4)23(13-24)6-7-26-27(38)14-31(43)39(5)25(9-11-40(26,39)46)22-12-32(44)47-17-22/h12,19-21,23-31,33-37,41-43,45-46H,6-11,13-18H2,1-5H3. The zero-order valence-corrected chi connectivity index (χ0v) is 32.3. The Balaban J connectivity index is 0.829. The fraction of sp³-hybridized carbons (Fsp3) is 0.925. The highest BCUT2D eigenvalue weighted by Crippen LogP contribution is 2.70. The number of fused-ring (bicyclic) bond motifs is 5. The molecule has 306 valence electrons. The van der Waals surface area contributed by atoms with Crippen LogP contribution in [0.25, 0.3) is 0 Å². The van der Waals surface area contributed by atoms with Crippen molar-refractivity contribution in [3.8, 4) is 0 Å². The number of cyclic esters (lactones) is 1. The average Bonchev–Trinajstić information content (AvgIpc) is 3.67. The number of ether oxygens (including phenoxy) is 8. The van der Waals surface area contributed by atoms with Gasteiger partial charge in [0, 0.05) is 24.3 Å². The van der Waals surface area contributed by atoms with Crippen molar-refractivity contribution in [3.63, 3.8) is 0 Å². The normalized spacial score (nSPS) is 55.0. The monoisotopic (exact) mass is 766 g/mol. The van der Waals surface area contributed by atoms with Gasteiger partial charge in [0.15, 0.2) is 12.6 Å². The van der Waals surface area contributed by atoms with Gasteiger partial charge in [-0.2, -0.15) is 0 Å². The molecular formula is C40H62O14. The molecule has 0 aromatic carbocycles. The van der Waals surface area contributed by atoms with Gasteiger partial charge in [0.1, 0.15) is 24.9 Å². The zero-order chi connectivity index (χ0) is 38.3. The van der Waals surface area contributed by atoms with Gasteiger partial charge in [0.2, 0.25) is 0 Å². The molecule has 4 aliphatic heterocycles. The molecule has 4 heterocycles. The Morgan fingerprint density at radius 2 is 1.52 bits per heavy atom. The molecule has 0 aromatic rings. The first-order valence-electron chi connectivity index (χ1n) is 20.5. The summed E-state index contributed by atoms with van der Waals surface area (Å²) in [4.78, 5) is 11.9. The van der Waals surface area contributed by atoms with Crippen LogP contribution in [0.4, 0.5) is 0 Å². The largest absolute Gasteiger partial charge is 0.458 e. The molecule has 0 bridgehead atoms. The Morgan fingerprint density at radius 1 is 0.778 bits per heavy atom. The maximum Gasteiger partial charge on any atom is 0.331 e. The fourth-order valence-electron chi connectivity index (χ4n) is 12.3. The maximum atomic E-state index is 12.6. The predicted octanol–water partition coefficient (Wildman–Crippen LogP) is 2.44. The molecule has 3 saturated heterocycles. The quantitative estimate of drug-likeness (QED) is 0.188. The molecule has 14 heteroatoms. The topological polar surface area (TPSA) is 192 Å². The number of carbonyl (C=O) groups excluding carboxylic acids is 1. The highest BCUT2D eigenvalue weighted by Gasteiger charge is 2.71. The Hall–Kier alpha value is -1.27. The highest BCUT2D eigenvalue weighted by molar-refractivity contribution is 5.85. The zero-order valence-electron chi connectivity index (χ0n) is 32.3. The van der Waals surface area contributed by atoms with Crippen molar-refractivity contribution < 1.29 is 68.2 Å². The minimum Gasteiger partial charge on any atom is -0.458 e. The van der Waals surface area contributed by atoms with Crippen molar-refractivity contribution in [2.45, 2.75) is 185 Å². The van der Waals surface area contributed by atoms with E-state index in [4.69, 9.17) is 37.9 Å². The van der Waals surface area contributed by atoms with Crippen LogP contribution in [0.1, 0.15) is 98.8 Å². The summed E-state index contributed by atoms with van der Waals surface area (Å²) in [5.74, 6) is 0.239. The van der Waals surface area contributed by atoms with Crippen LogP contribution in [-0.4, -0.2) is 130 Å². The van der Waals surface area contributed by atoms with E-state index in [0.717, 1.165) is 44.1 Å². The van der Waals surface area contributed by atoms with Crippen LogP contribution in [0, 0.1) is 34.5 Å². The van der Waals surface area contributed by atoms with Crippen molar-refractivity contribution >= 4 is 5.97 Å². The molecule has 54 heavy (non-hydrogen) atoms. The lowest BCUT2D eigenvalue weighted by atomic mass is 9.42. The van der Waals surface area contributed by atoms with Crippen LogP contribution in [0.3, 0.4) is 0 Å². The van der Waals surface area contributed by atoms with E-state index in [1.807, 2.05) is 20.8 Å². The third-order valence-corrected chi connectivity index (χ3v) is 15.5. The molecule has 0 aromatic heterocycles. The van der Waals surface area contributed by atoms with Crippen LogP contribution in [0.2, 0.25) is 0 Å². The second-order valence-electron chi connectivity index (χ2n) is 18.3. The predicted molar refractivity (Wildman–Crippen MR) is 188 cm³/mol. The number of rotatable bonds is 7. The minimum atomic E-state index is -1.03. The van der Waals surface area contributed by atoms with Crippen LogP contribution in [0.5, 0.6) is 0 Å². The number of hydrogen-bond donors (Lipinski definition) is 5. The summed E-state index contributed by atoms with van der Waals surface area (Å²) in [5.41, 5.74) is -0.865. The van der Waals surface area contributed by atoms with E-state index in [1.54, 1.807) is 13.0 Å². The van der Waals surface area contributed by atoms with Gasteiger partial charge in [-0.3, -0.25) is 0 Å². The summed E-state index contributed by atoms with van der Waals surface area (Å²) in [6, 6.07) is 0. The second-order valence-corrected chi connectivity index (χ2v) is 18.3. The average molecular weight is 767 g/mol. The molecule has 0 spiro atoms. The minimum absolute atomic E-state index is 0.0330. The first-order chi connectivity index (χ1) is 25.6. The lowest BCUT2D eigenvalue weighted by Gasteiger charge is -2.65. The summed E-state index contributed by atoms with van der Waals surface area (Å²) in [5, 5.41) is 55.7. The van der Waals surface area contributed by atoms with Crippen molar-refractivity contribution in [1.82, 2.24) is 0 Å². The molecule has 8 aliphatic rings. The van der Waals surface area contributed by atoms with Gasteiger partial charge < -0.3 is 63.4 Å². The van der Waals surface area contributed by atoms with Gasteiger partial charge in [-0.25, -0.2) is 4.79 Å². The summed E-state index contributed by atoms with van der Waals surface area (Å²) < 4.78 is 47.6. The Bertz CT molecular complexity index is 1390. The number of hydrogen-bond acceptors (Lipinski definition) is 14. The van der Waals surface area contributed by atoms with Gasteiger partial charge in [-0.15, -0.1) is 0 Å². The molecule has 0 radical (unpaired) electrons. The van der Waals surface area contributed by atoms with E-state index in [0.29, 0.717) is 18.8 Å². The maximum absolute atomic E-state index is 12.6. The lowest BCUT2D eigenvalue weighted by Crippen LogP contribution is -2.67. The SMILES string of the molecule is CC1OC(OC2C(O)CC(OC3CCC4(C)C(CCC5C4CC(O)C4(C)C(C6=CC(=O)OC6)CCC54O)C3)OC2C)OCC1OC1CC(O)C(O)C(C)O1. The molecule has 0 amide bonds. The third kappa shape index (κ3) is 6.71. The van der Waals surface area contributed by atoms with Crippen LogP contribution >= 0.6 is 0 Å². The second kappa shape index (κ2) is 14.8. The smallest absolute Gasteiger partial charge is 0.331 e. The third-order valence-electron chi connectivity index (χ3n) is 15.5. The Kier molecular flexibility index (Phi) is 10.9. The Labute approximate surface area is 317 Å². The van der Waals surface area contributed by atoms with Crippen molar-refractivity contribution in [2.24, 2.45) is 34.5 Å². The van der Waals surface area contributed by atoms with Gasteiger partial charge >= 0.3 is 5.97 Å². The molecule has 4 saturated carbocycles. The van der Waals surface area contributed by atoms with Crippen LogP contribution in [0.15, 0.2) is 11.6 Å². The number of carbonyl (C=O) groups is 1. The molecule has 8 rings (SSSR count). The number of aliphatic hydroxyl groups excluding tert-OH is 4. The van der Waals surface area contributed by atoms with E-state index < -0.39 is 85.0 Å². The van der Waals surface area contributed by atoms with Crippen LogP contribution in [-0.2, 0) is 42.7 Å². The van der Waals surface area contributed by atoms with Gasteiger partial charge in [-0.05, 0) is 107 Å². The first-order valence-corrected chi connectivity index (χ1v) is 20.5. The first kappa shape index (κ1) is 39.6. The molecule has 5 N–H and O–H groups in total. The summed E-state index contributed by atoms with van der Waals surface area (Å²) in [6.07, 6.45) is 0.970. The molecule has 4 aliphatic carbocycles. The highest BCUT2D eigenvalue weighted by atomic mass is 16.9. The van der Waals surface area contributed by atoms with E-state index in [2.05, 4.69) is 6.92 Å². The molecule has 20 unspecified atom stereocenters. The molecule has 20 atom stereocenters. The van der Waals surface area contributed by atoms with E-state index in [1.165, 1.54) is 0 Å². The molecular weight excluding hydrogens is 704 g/mol. The van der Waals surface area contributed by atoms with Crippen LogP contribution < -0.4 is 0 Å².